The van der Waals surface area contributed by atoms with Crippen LogP contribution in [0.1, 0.15) is 22.3 Å². The minimum Gasteiger partial charge on any atom is -0.493 e. The summed E-state index contributed by atoms with van der Waals surface area (Å²) in [5.41, 5.74) is 4.51. The number of fused-ring (bicyclic) bond motifs is 1. The first-order valence-corrected chi connectivity index (χ1v) is 13.5. The molecule has 0 atom stereocenters. The summed E-state index contributed by atoms with van der Waals surface area (Å²) in [6.07, 6.45) is 1.66. The van der Waals surface area contributed by atoms with Crippen molar-refractivity contribution in [1.82, 2.24) is 4.90 Å². The van der Waals surface area contributed by atoms with E-state index >= 15 is 0 Å². The average molecular weight is 553 g/mol. The molecular weight excluding hydrogens is 524 g/mol. The highest BCUT2D eigenvalue weighted by atomic mass is 32.2. The maximum atomic E-state index is 13.2. The third-order valence-electron chi connectivity index (χ3n) is 6.72. The van der Waals surface area contributed by atoms with Crippen LogP contribution in [0.2, 0.25) is 0 Å². The number of carbonyl (C=O) groups excluding carboxylic acids is 3. The molecule has 1 N–H and O–H groups in total. The number of carbonyl (C=O) groups is 3. The zero-order chi connectivity index (χ0) is 28.2. The fraction of sp³-hybridized carbons (Fsp3) is 0.156. The van der Waals surface area contributed by atoms with E-state index in [0.29, 0.717) is 27.7 Å². The van der Waals surface area contributed by atoms with Gasteiger partial charge < -0.3 is 14.8 Å². The van der Waals surface area contributed by atoms with Gasteiger partial charge in [0.05, 0.1) is 18.6 Å². The number of hydrogen-bond donors (Lipinski definition) is 1. The Morgan fingerprint density at radius 3 is 2.52 bits per heavy atom. The molecule has 40 heavy (non-hydrogen) atoms. The minimum atomic E-state index is -0.342. The number of imide groups is 1. The molecule has 4 aromatic carbocycles. The van der Waals surface area contributed by atoms with Crippen LogP contribution in [0, 0.1) is 13.8 Å². The minimum absolute atomic E-state index is 0.198. The molecule has 0 radical (unpaired) electrons. The maximum absolute atomic E-state index is 13.2. The summed E-state index contributed by atoms with van der Waals surface area (Å²) in [6.45, 7) is 4.00. The van der Waals surface area contributed by atoms with Crippen LogP contribution in [0.15, 0.2) is 83.8 Å². The molecule has 0 saturated carbocycles. The number of rotatable bonds is 8. The first kappa shape index (κ1) is 27.0. The third-order valence-corrected chi connectivity index (χ3v) is 7.62. The largest absolute Gasteiger partial charge is 0.493 e. The Morgan fingerprint density at radius 2 is 1.73 bits per heavy atom. The van der Waals surface area contributed by atoms with E-state index < -0.39 is 0 Å². The summed E-state index contributed by atoms with van der Waals surface area (Å²) in [5.74, 6) is 0.154. The molecule has 0 spiro atoms. The first-order valence-electron chi connectivity index (χ1n) is 12.7. The first-order chi connectivity index (χ1) is 19.3. The van der Waals surface area contributed by atoms with Gasteiger partial charge in [0.15, 0.2) is 18.1 Å². The Kier molecular flexibility index (Phi) is 7.89. The summed E-state index contributed by atoms with van der Waals surface area (Å²) in [7, 11) is 1.50. The van der Waals surface area contributed by atoms with Crippen LogP contribution in [0.5, 0.6) is 11.5 Å². The predicted molar refractivity (Wildman–Crippen MR) is 158 cm³/mol. The molecule has 3 amide bonds. The van der Waals surface area contributed by atoms with Gasteiger partial charge in [-0.25, -0.2) is 0 Å². The lowest BCUT2D eigenvalue weighted by molar-refractivity contribution is -0.123. The number of amides is 3. The van der Waals surface area contributed by atoms with Crippen molar-refractivity contribution in [3.8, 4) is 11.5 Å². The fourth-order valence-corrected chi connectivity index (χ4v) is 5.28. The van der Waals surface area contributed by atoms with E-state index in [9.17, 15) is 14.4 Å². The fourth-order valence-electron chi connectivity index (χ4n) is 4.44. The molecular formula is C32H28N2O5S. The zero-order valence-corrected chi connectivity index (χ0v) is 23.2. The molecule has 1 aliphatic heterocycles. The second kappa shape index (κ2) is 11.7. The molecule has 1 fully saturated rings. The van der Waals surface area contributed by atoms with Crippen molar-refractivity contribution in [2.75, 3.05) is 19.0 Å². The van der Waals surface area contributed by atoms with E-state index in [-0.39, 0.29) is 30.2 Å². The highest BCUT2D eigenvalue weighted by Crippen LogP contribution is 2.36. The van der Waals surface area contributed by atoms with Crippen LogP contribution in [0.4, 0.5) is 10.5 Å². The van der Waals surface area contributed by atoms with Gasteiger partial charge in [0, 0.05) is 5.69 Å². The summed E-state index contributed by atoms with van der Waals surface area (Å²) < 4.78 is 11.2. The zero-order valence-electron chi connectivity index (χ0n) is 22.4. The van der Waals surface area contributed by atoms with E-state index in [1.54, 1.807) is 24.3 Å². The molecule has 0 aromatic heterocycles. The van der Waals surface area contributed by atoms with Gasteiger partial charge in [0.1, 0.15) is 0 Å². The number of aryl methyl sites for hydroxylation is 2. The summed E-state index contributed by atoms with van der Waals surface area (Å²) in [5, 5.41) is 4.58. The quantitative estimate of drug-likeness (QED) is 0.244. The van der Waals surface area contributed by atoms with Crippen molar-refractivity contribution in [2.24, 2.45) is 0 Å². The van der Waals surface area contributed by atoms with Crippen molar-refractivity contribution < 1.29 is 23.9 Å². The lowest BCUT2D eigenvalue weighted by Gasteiger charge is -2.14. The molecule has 1 saturated heterocycles. The summed E-state index contributed by atoms with van der Waals surface area (Å²) in [6, 6.07) is 24.6. The SMILES string of the molecule is COc1cc(/C=C2\SC(=O)N(Cc3cccc4ccccc34)C2=O)ccc1OCC(=O)Nc1ccc(C)c(C)c1. The second-order valence-corrected chi connectivity index (χ2v) is 10.4. The molecule has 0 aliphatic carbocycles. The van der Waals surface area contributed by atoms with E-state index in [2.05, 4.69) is 5.32 Å². The molecule has 1 heterocycles. The molecule has 5 rings (SSSR count). The van der Waals surface area contributed by atoms with Crippen LogP contribution >= 0.6 is 11.8 Å². The Morgan fingerprint density at radius 1 is 0.925 bits per heavy atom. The van der Waals surface area contributed by atoms with Gasteiger partial charge in [-0.15, -0.1) is 0 Å². The monoisotopic (exact) mass is 552 g/mol. The summed E-state index contributed by atoms with van der Waals surface area (Å²) in [4.78, 5) is 39.9. The molecule has 8 heteroatoms. The van der Waals surface area contributed by atoms with Crippen LogP contribution < -0.4 is 14.8 Å². The highest BCUT2D eigenvalue weighted by molar-refractivity contribution is 8.18. The van der Waals surface area contributed by atoms with Crippen molar-refractivity contribution in [3.63, 3.8) is 0 Å². The number of ether oxygens (including phenoxy) is 2. The molecule has 7 nitrogen and oxygen atoms in total. The molecule has 0 unspecified atom stereocenters. The average Bonchev–Trinajstić information content (AvgIpc) is 3.21. The Labute approximate surface area is 236 Å². The smallest absolute Gasteiger partial charge is 0.293 e. The number of nitrogens with one attached hydrogen (secondary N) is 1. The van der Waals surface area contributed by atoms with Gasteiger partial charge in [-0.2, -0.15) is 0 Å². The molecule has 0 bridgehead atoms. The number of anilines is 1. The molecule has 4 aromatic rings. The van der Waals surface area contributed by atoms with E-state index in [4.69, 9.17) is 9.47 Å². The van der Waals surface area contributed by atoms with Crippen molar-refractivity contribution in [3.05, 3.63) is 106 Å². The Hall–Kier alpha value is -4.56. The third kappa shape index (κ3) is 5.87. The normalized spacial score (nSPS) is 14.2. The van der Waals surface area contributed by atoms with Crippen LogP contribution in [0.3, 0.4) is 0 Å². The Bertz CT molecular complexity index is 1660. The number of nitrogens with zero attached hydrogens (tertiary/aromatic N) is 1. The van der Waals surface area contributed by atoms with Crippen molar-refractivity contribution in [1.29, 1.82) is 0 Å². The Balaban J connectivity index is 1.26. The van der Waals surface area contributed by atoms with Crippen LogP contribution in [-0.2, 0) is 16.1 Å². The van der Waals surface area contributed by atoms with Crippen molar-refractivity contribution >= 4 is 51.4 Å². The van der Waals surface area contributed by atoms with Gasteiger partial charge >= 0.3 is 0 Å². The van der Waals surface area contributed by atoms with Gasteiger partial charge in [-0.3, -0.25) is 19.3 Å². The summed E-state index contributed by atoms with van der Waals surface area (Å²) >= 11 is 0.909. The van der Waals surface area contributed by atoms with Gasteiger partial charge in [0.2, 0.25) is 0 Å². The lowest BCUT2D eigenvalue weighted by Crippen LogP contribution is -2.27. The number of methoxy groups -OCH3 is 1. The van der Waals surface area contributed by atoms with E-state index in [0.717, 1.165) is 39.2 Å². The van der Waals surface area contributed by atoms with E-state index in [1.165, 1.54) is 12.0 Å². The maximum Gasteiger partial charge on any atom is 0.293 e. The number of benzene rings is 4. The molecule has 1 aliphatic rings. The number of thioether (sulfide) groups is 1. The number of hydrogen-bond acceptors (Lipinski definition) is 6. The van der Waals surface area contributed by atoms with Crippen LogP contribution in [-0.4, -0.2) is 35.7 Å². The van der Waals surface area contributed by atoms with E-state index in [1.807, 2.05) is 74.5 Å². The second-order valence-electron chi connectivity index (χ2n) is 9.45. The molecule has 202 valence electrons. The highest BCUT2D eigenvalue weighted by Gasteiger charge is 2.35. The van der Waals surface area contributed by atoms with Crippen molar-refractivity contribution in [2.45, 2.75) is 20.4 Å². The lowest BCUT2D eigenvalue weighted by atomic mass is 10.0. The van der Waals surface area contributed by atoms with Gasteiger partial charge in [-0.05, 0) is 89.0 Å². The van der Waals surface area contributed by atoms with Gasteiger partial charge in [0.25, 0.3) is 17.1 Å². The van der Waals surface area contributed by atoms with Gasteiger partial charge in [-0.1, -0.05) is 54.6 Å². The standard InChI is InChI=1S/C32H28N2O5S/c1-20-11-13-25(15-21(20)2)33-30(35)19-39-27-14-12-22(16-28(27)38-3)17-29-31(36)34(32(37)40-29)18-24-9-6-8-23-7-4-5-10-26(23)24/h4-17H,18-19H2,1-3H3,(H,33,35)/b29-17-. The predicted octanol–water partition coefficient (Wildman–Crippen LogP) is 6.72. The van der Waals surface area contributed by atoms with Crippen LogP contribution in [0.25, 0.3) is 16.8 Å². The topological polar surface area (TPSA) is 84.9 Å².